The molecule has 0 aromatic heterocycles. The summed E-state index contributed by atoms with van der Waals surface area (Å²) in [6, 6.07) is 14.5. The van der Waals surface area contributed by atoms with Crippen molar-refractivity contribution in [2.45, 2.75) is 18.9 Å². The van der Waals surface area contributed by atoms with Crippen molar-refractivity contribution in [1.82, 2.24) is 4.90 Å². The lowest BCUT2D eigenvalue weighted by atomic mass is 9.91. The largest absolute Gasteiger partial charge is 0.369 e. The number of benzene rings is 2. The molecule has 1 aliphatic rings. The van der Waals surface area contributed by atoms with Crippen molar-refractivity contribution < 1.29 is 19.2 Å². The van der Waals surface area contributed by atoms with E-state index < -0.39 is 35.5 Å². The van der Waals surface area contributed by atoms with Gasteiger partial charge in [-0.25, -0.2) is 0 Å². The molecule has 2 atom stereocenters. The van der Waals surface area contributed by atoms with Crippen LogP contribution in [-0.2, 0) is 9.59 Å². The quantitative estimate of drug-likeness (QED) is 0.435. The minimum atomic E-state index is -1.04. The van der Waals surface area contributed by atoms with Crippen molar-refractivity contribution in [3.05, 3.63) is 83.9 Å². The van der Waals surface area contributed by atoms with Gasteiger partial charge in [0.2, 0.25) is 5.91 Å². The molecule has 0 saturated heterocycles. The zero-order valence-electron chi connectivity index (χ0n) is 15.2. The second kappa shape index (κ2) is 8.00. The van der Waals surface area contributed by atoms with E-state index in [4.69, 9.17) is 5.73 Å². The SMILES string of the molecule is C=CCC(C(N)=O)C(=O)CC(c1ccccc1)N1C(=O)c2ccccc2C1=O. The highest BCUT2D eigenvalue weighted by molar-refractivity contribution is 6.21. The molecule has 0 radical (unpaired) electrons. The van der Waals surface area contributed by atoms with Gasteiger partial charge in [0.25, 0.3) is 11.8 Å². The number of ketones is 1. The van der Waals surface area contributed by atoms with Crippen molar-refractivity contribution in [1.29, 1.82) is 0 Å². The number of carbonyl (C=O) groups is 4. The third kappa shape index (κ3) is 3.49. The molecule has 2 aromatic carbocycles. The average molecular weight is 376 g/mol. The first-order chi connectivity index (χ1) is 13.5. The summed E-state index contributed by atoms with van der Waals surface area (Å²) in [6.07, 6.45) is 1.36. The Morgan fingerprint density at radius 1 is 0.964 bits per heavy atom. The molecule has 28 heavy (non-hydrogen) atoms. The minimum Gasteiger partial charge on any atom is -0.369 e. The second-order valence-electron chi connectivity index (χ2n) is 6.60. The maximum Gasteiger partial charge on any atom is 0.262 e. The molecule has 2 aromatic rings. The van der Waals surface area contributed by atoms with Crippen molar-refractivity contribution in [2.24, 2.45) is 11.7 Å². The molecular weight excluding hydrogens is 356 g/mol. The van der Waals surface area contributed by atoms with E-state index in [0.29, 0.717) is 16.7 Å². The number of nitrogens with two attached hydrogens (primary N) is 1. The molecule has 0 spiro atoms. The molecule has 1 aliphatic heterocycles. The summed E-state index contributed by atoms with van der Waals surface area (Å²) in [6.45, 7) is 3.55. The number of hydrogen-bond acceptors (Lipinski definition) is 4. The number of amides is 3. The monoisotopic (exact) mass is 376 g/mol. The zero-order valence-corrected chi connectivity index (χ0v) is 15.2. The summed E-state index contributed by atoms with van der Waals surface area (Å²) in [4.78, 5) is 51.4. The number of fused-ring (bicyclic) bond motifs is 1. The van der Waals surface area contributed by atoms with Crippen LogP contribution in [0.3, 0.4) is 0 Å². The van der Waals surface area contributed by atoms with Crippen LogP contribution in [0.15, 0.2) is 67.3 Å². The third-order valence-corrected chi connectivity index (χ3v) is 4.85. The van der Waals surface area contributed by atoms with Gasteiger partial charge in [-0.1, -0.05) is 48.5 Å². The lowest BCUT2D eigenvalue weighted by Gasteiger charge is -2.27. The van der Waals surface area contributed by atoms with Crippen LogP contribution in [0.1, 0.15) is 45.2 Å². The van der Waals surface area contributed by atoms with E-state index in [0.717, 1.165) is 4.90 Å². The smallest absolute Gasteiger partial charge is 0.262 e. The normalized spacial score (nSPS) is 15.1. The molecule has 3 amide bonds. The molecular formula is C22H20N2O4. The van der Waals surface area contributed by atoms with Gasteiger partial charge in [-0.2, -0.15) is 0 Å². The Morgan fingerprint density at radius 3 is 2.00 bits per heavy atom. The summed E-state index contributed by atoms with van der Waals surface area (Å²) in [7, 11) is 0. The fourth-order valence-corrected chi connectivity index (χ4v) is 3.43. The predicted octanol–water partition coefficient (Wildman–Crippen LogP) is 2.66. The summed E-state index contributed by atoms with van der Waals surface area (Å²) >= 11 is 0. The molecule has 0 fully saturated rings. The van der Waals surface area contributed by atoms with Gasteiger partial charge >= 0.3 is 0 Å². The van der Waals surface area contributed by atoms with Crippen LogP contribution < -0.4 is 5.73 Å². The van der Waals surface area contributed by atoms with Crippen LogP contribution in [0.4, 0.5) is 0 Å². The Morgan fingerprint density at radius 2 is 1.50 bits per heavy atom. The number of primary amides is 1. The number of Topliss-reactive ketones (excluding diaryl/α,β-unsaturated/α-hetero) is 1. The van der Waals surface area contributed by atoms with Gasteiger partial charge in [0.15, 0.2) is 0 Å². The fourth-order valence-electron chi connectivity index (χ4n) is 3.43. The van der Waals surface area contributed by atoms with Gasteiger partial charge in [0.05, 0.1) is 23.1 Å². The van der Waals surface area contributed by atoms with Gasteiger partial charge in [0, 0.05) is 6.42 Å². The number of hydrogen-bond donors (Lipinski definition) is 1. The van der Waals surface area contributed by atoms with Gasteiger partial charge in [-0.3, -0.25) is 24.1 Å². The summed E-state index contributed by atoms with van der Waals surface area (Å²) in [5.41, 5.74) is 6.60. The van der Waals surface area contributed by atoms with E-state index in [1.165, 1.54) is 6.08 Å². The Kier molecular flexibility index (Phi) is 5.49. The van der Waals surface area contributed by atoms with Gasteiger partial charge in [-0.05, 0) is 24.1 Å². The summed E-state index contributed by atoms with van der Waals surface area (Å²) < 4.78 is 0. The van der Waals surface area contributed by atoms with E-state index in [1.807, 2.05) is 0 Å². The Bertz CT molecular complexity index is 917. The maximum atomic E-state index is 12.9. The van der Waals surface area contributed by atoms with Crippen LogP contribution in [-0.4, -0.2) is 28.4 Å². The van der Waals surface area contributed by atoms with Crippen LogP contribution >= 0.6 is 0 Å². The highest BCUT2D eigenvalue weighted by Gasteiger charge is 2.41. The van der Waals surface area contributed by atoms with Crippen molar-refractivity contribution in [2.75, 3.05) is 0 Å². The molecule has 0 saturated carbocycles. The fraction of sp³-hybridized carbons (Fsp3) is 0.182. The first-order valence-electron chi connectivity index (χ1n) is 8.90. The molecule has 0 aliphatic carbocycles. The number of rotatable bonds is 8. The lowest BCUT2D eigenvalue weighted by molar-refractivity contribution is -0.132. The highest BCUT2D eigenvalue weighted by Crippen LogP contribution is 2.34. The summed E-state index contributed by atoms with van der Waals surface area (Å²) in [5.74, 6) is -3.14. The number of nitrogens with zero attached hydrogens (tertiary/aromatic N) is 1. The van der Waals surface area contributed by atoms with Gasteiger partial charge in [0.1, 0.15) is 5.78 Å². The standard InChI is InChI=1S/C22H20N2O4/c1-2-8-17(20(23)26)19(25)13-18(14-9-4-3-5-10-14)24-21(27)15-11-6-7-12-16(15)22(24)28/h2-7,9-12,17-18H,1,8,13H2,(H2,23,26). The third-order valence-electron chi connectivity index (χ3n) is 4.85. The minimum absolute atomic E-state index is 0.109. The second-order valence-corrected chi connectivity index (χ2v) is 6.60. The van der Waals surface area contributed by atoms with E-state index in [-0.39, 0.29) is 12.8 Å². The van der Waals surface area contributed by atoms with Crippen molar-refractivity contribution in [3.63, 3.8) is 0 Å². The van der Waals surface area contributed by atoms with E-state index in [1.54, 1.807) is 54.6 Å². The Balaban J connectivity index is 1.99. The number of carbonyl (C=O) groups excluding carboxylic acids is 4. The van der Waals surface area contributed by atoms with Gasteiger partial charge < -0.3 is 5.73 Å². The predicted molar refractivity (Wildman–Crippen MR) is 103 cm³/mol. The van der Waals surface area contributed by atoms with Crippen molar-refractivity contribution >= 4 is 23.5 Å². The van der Waals surface area contributed by atoms with Crippen LogP contribution in [0.25, 0.3) is 0 Å². The first-order valence-corrected chi connectivity index (χ1v) is 8.90. The average Bonchev–Trinajstić information content (AvgIpc) is 2.95. The van der Waals surface area contributed by atoms with Crippen LogP contribution in [0, 0.1) is 5.92 Å². The number of allylic oxidation sites excluding steroid dienone is 1. The van der Waals surface area contributed by atoms with E-state index in [2.05, 4.69) is 6.58 Å². The van der Waals surface area contributed by atoms with E-state index in [9.17, 15) is 19.2 Å². The topological polar surface area (TPSA) is 97.5 Å². The Labute approximate surface area is 162 Å². The van der Waals surface area contributed by atoms with Crippen LogP contribution in [0.5, 0.6) is 0 Å². The van der Waals surface area contributed by atoms with Gasteiger partial charge in [-0.15, -0.1) is 6.58 Å². The molecule has 0 bridgehead atoms. The van der Waals surface area contributed by atoms with Crippen molar-refractivity contribution in [3.8, 4) is 0 Å². The lowest BCUT2D eigenvalue weighted by Crippen LogP contribution is -2.38. The molecule has 2 N–H and O–H groups in total. The molecule has 1 heterocycles. The van der Waals surface area contributed by atoms with Crippen LogP contribution in [0.2, 0.25) is 0 Å². The zero-order chi connectivity index (χ0) is 20.3. The van der Waals surface area contributed by atoms with E-state index >= 15 is 0 Å². The molecule has 3 rings (SSSR count). The summed E-state index contributed by atoms with van der Waals surface area (Å²) in [5, 5.41) is 0. The molecule has 2 unspecified atom stereocenters. The molecule has 6 nitrogen and oxygen atoms in total. The number of imide groups is 1. The molecule has 6 heteroatoms. The first kappa shape index (κ1) is 19.2. The highest BCUT2D eigenvalue weighted by atomic mass is 16.2. The maximum absolute atomic E-state index is 12.9. The Hall–Kier alpha value is -3.54. The molecule has 142 valence electrons.